The molecule has 1 saturated heterocycles. The van der Waals surface area contributed by atoms with E-state index in [-0.39, 0.29) is 10.6 Å². The summed E-state index contributed by atoms with van der Waals surface area (Å²) in [6, 6.07) is 3.46. The van der Waals surface area contributed by atoms with Gasteiger partial charge in [-0.25, -0.2) is 13.6 Å². The Morgan fingerprint density at radius 3 is 2.33 bits per heavy atom. The first kappa shape index (κ1) is 16.1. The second kappa shape index (κ2) is 6.64. The highest BCUT2D eigenvalue weighted by atomic mass is 32.2. The van der Waals surface area contributed by atoms with Crippen molar-refractivity contribution in [3.63, 3.8) is 0 Å². The van der Waals surface area contributed by atoms with Crippen LogP contribution >= 0.6 is 0 Å². The van der Waals surface area contributed by atoms with Gasteiger partial charge in [0.15, 0.2) is 11.5 Å². The average molecular weight is 314 g/mol. The van der Waals surface area contributed by atoms with Gasteiger partial charge in [-0.1, -0.05) is 12.5 Å². The van der Waals surface area contributed by atoms with Gasteiger partial charge in [-0.15, -0.1) is 0 Å². The van der Waals surface area contributed by atoms with Crippen LogP contribution in [0.1, 0.15) is 24.8 Å². The zero-order chi connectivity index (χ0) is 15.5. The Morgan fingerprint density at radius 1 is 1.14 bits per heavy atom. The van der Waals surface area contributed by atoms with Gasteiger partial charge in [-0.05, 0) is 37.6 Å². The fourth-order valence-corrected chi connectivity index (χ4v) is 3.67. The normalized spacial score (nSPS) is 16.7. The number of hydrogen-bond donors (Lipinski definition) is 1. The minimum Gasteiger partial charge on any atom is -0.493 e. The van der Waals surface area contributed by atoms with Gasteiger partial charge in [0.2, 0.25) is 10.0 Å². The molecule has 118 valence electrons. The smallest absolute Gasteiger partial charge is 0.242 e. The number of hydrogen-bond acceptors (Lipinski definition) is 5. The van der Waals surface area contributed by atoms with E-state index >= 15 is 0 Å². The highest BCUT2D eigenvalue weighted by Crippen LogP contribution is 2.36. The number of ether oxygens (including phenoxy) is 2. The third-order valence-corrected chi connectivity index (χ3v) is 4.73. The number of primary sulfonamides is 1. The molecule has 21 heavy (non-hydrogen) atoms. The summed E-state index contributed by atoms with van der Waals surface area (Å²) < 4.78 is 34.3. The highest BCUT2D eigenvalue weighted by molar-refractivity contribution is 7.89. The molecule has 0 amide bonds. The number of rotatable bonds is 5. The van der Waals surface area contributed by atoms with Crippen LogP contribution in [0.15, 0.2) is 17.0 Å². The molecule has 1 fully saturated rings. The first-order valence-corrected chi connectivity index (χ1v) is 8.51. The molecular formula is C14H22N2O4S. The standard InChI is InChI=1S/C14H22N2O4S/c1-19-12-7-6-11(10-16-8-4-3-5-9-16)14(13(12)20-2)21(15,17)18/h6-7H,3-5,8-10H2,1-2H3,(H2,15,17,18). The molecule has 0 saturated carbocycles. The number of methoxy groups -OCH3 is 2. The molecule has 0 bridgehead atoms. The van der Waals surface area contributed by atoms with Gasteiger partial charge < -0.3 is 9.47 Å². The quantitative estimate of drug-likeness (QED) is 0.887. The molecule has 1 aliphatic heterocycles. The van der Waals surface area contributed by atoms with Crippen LogP contribution in [0.5, 0.6) is 11.5 Å². The molecule has 1 heterocycles. The monoisotopic (exact) mass is 314 g/mol. The summed E-state index contributed by atoms with van der Waals surface area (Å²) in [4.78, 5) is 2.26. The Hall–Kier alpha value is -1.31. The maximum atomic E-state index is 12.0. The van der Waals surface area contributed by atoms with E-state index in [1.54, 1.807) is 12.1 Å². The molecule has 0 unspecified atom stereocenters. The Bertz CT molecular complexity index is 595. The van der Waals surface area contributed by atoms with E-state index in [2.05, 4.69) is 4.90 Å². The van der Waals surface area contributed by atoms with Gasteiger partial charge in [-0.3, -0.25) is 4.90 Å². The summed E-state index contributed by atoms with van der Waals surface area (Å²) in [5.74, 6) is 0.540. The Kier molecular flexibility index (Phi) is 5.08. The summed E-state index contributed by atoms with van der Waals surface area (Å²) in [6.07, 6.45) is 3.50. The van der Waals surface area contributed by atoms with E-state index < -0.39 is 10.0 Å². The SMILES string of the molecule is COc1ccc(CN2CCCCC2)c(S(N)(=O)=O)c1OC. The van der Waals surface area contributed by atoms with Crippen LogP contribution in [0, 0.1) is 0 Å². The van der Waals surface area contributed by atoms with Crippen LogP contribution in [0.25, 0.3) is 0 Å². The number of likely N-dealkylation sites (tertiary alicyclic amines) is 1. The molecule has 1 aliphatic rings. The second-order valence-corrected chi connectivity index (χ2v) is 6.67. The number of sulfonamides is 1. The van der Waals surface area contributed by atoms with Crippen LogP contribution in [0.4, 0.5) is 0 Å². The molecule has 0 radical (unpaired) electrons. The summed E-state index contributed by atoms with van der Waals surface area (Å²) in [5, 5.41) is 5.38. The fraction of sp³-hybridized carbons (Fsp3) is 0.571. The molecule has 1 aromatic carbocycles. The molecule has 0 aliphatic carbocycles. The summed E-state index contributed by atoms with van der Waals surface area (Å²) >= 11 is 0. The maximum absolute atomic E-state index is 12.0. The molecule has 2 rings (SSSR count). The number of nitrogens with two attached hydrogens (primary N) is 1. The van der Waals surface area contributed by atoms with Crippen molar-refractivity contribution in [3.8, 4) is 11.5 Å². The summed E-state index contributed by atoms with van der Waals surface area (Å²) in [7, 11) is -1.01. The number of piperidine rings is 1. The fourth-order valence-electron chi connectivity index (χ4n) is 2.73. The first-order chi connectivity index (χ1) is 9.97. The average Bonchev–Trinajstić information content (AvgIpc) is 2.46. The van der Waals surface area contributed by atoms with Crippen LogP contribution < -0.4 is 14.6 Å². The van der Waals surface area contributed by atoms with Crippen molar-refractivity contribution in [1.82, 2.24) is 4.90 Å². The van der Waals surface area contributed by atoms with Gasteiger partial charge in [-0.2, -0.15) is 0 Å². The second-order valence-electron chi connectivity index (χ2n) is 5.17. The number of benzene rings is 1. The molecule has 0 spiro atoms. The lowest BCUT2D eigenvalue weighted by atomic mass is 10.1. The molecule has 0 aromatic heterocycles. The van der Waals surface area contributed by atoms with Crippen LogP contribution in [-0.2, 0) is 16.6 Å². The van der Waals surface area contributed by atoms with Crippen LogP contribution in [-0.4, -0.2) is 40.6 Å². The maximum Gasteiger partial charge on any atom is 0.242 e. The minimum absolute atomic E-state index is 0.0231. The zero-order valence-electron chi connectivity index (χ0n) is 12.5. The van der Waals surface area contributed by atoms with Gasteiger partial charge in [0.1, 0.15) is 4.90 Å². The summed E-state index contributed by atoms with van der Waals surface area (Å²) in [6.45, 7) is 2.49. The molecule has 0 atom stereocenters. The predicted molar refractivity (Wildman–Crippen MR) is 80.0 cm³/mol. The van der Waals surface area contributed by atoms with Gasteiger partial charge in [0, 0.05) is 6.54 Å². The van der Waals surface area contributed by atoms with E-state index in [9.17, 15) is 8.42 Å². The van der Waals surface area contributed by atoms with E-state index in [4.69, 9.17) is 14.6 Å². The largest absolute Gasteiger partial charge is 0.493 e. The lowest BCUT2D eigenvalue weighted by Gasteiger charge is -2.27. The van der Waals surface area contributed by atoms with E-state index in [1.807, 2.05) is 0 Å². The van der Waals surface area contributed by atoms with E-state index in [0.29, 0.717) is 17.9 Å². The van der Waals surface area contributed by atoms with Crippen molar-refractivity contribution in [2.45, 2.75) is 30.7 Å². The minimum atomic E-state index is -3.89. The van der Waals surface area contributed by atoms with Crippen LogP contribution in [0.3, 0.4) is 0 Å². The van der Waals surface area contributed by atoms with Gasteiger partial charge in [0.05, 0.1) is 14.2 Å². The lowest BCUT2D eigenvalue weighted by Crippen LogP contribution is -2.30. The first-order valence-electron chi connectivity index (χ1n) is 6.96. The highest BCUT2D eigenvalue weighted by Gasteiger charge is 2.25. The molecule has 1 aromatic rings. The zero-order valence-corrected chi connectivity index (χ0v) is 13.3. The lowest BCUT2D eigenvalue weighted by molar-refractivity contribution is 0.218. The molecular weight excluding hydrogens is 292 g/mol. The predicted octanol–water partition coefficient (Wildman–Crippen LogP) is 1.34. The topological polar surface area (TPSA) is 81.9 Å². The van der Waals surface area contributed by atoms with Crippen molar-refractivity contribution in [3.05, 3.63) is 17.7 Å². The van der Waals surface area contributed by atoms with Crippen LogP contribution in [0.2, 0.25) is 0 Å². The van der Waals surface area contributed by atoms with Gasteiger partial charge in [0.25, 0.3) is 0 Å². The molecule has 2 N–H and O–H groups in total. The third-order valence-electron chi connectivity index (χ3n) is 3.71. The van der Waals surface area contributed by atoms with Crippen molar-refractivity contribution < 1.29 is 17.9 Å². The van der Waals surface area contributed by atoms with Gasteiger partial charge >= 0.3 is 0 Å². The Labute approximate surface area is 125 Å². The number of nitrogens with zero attached hydrogens (tertiary/aromatic N) is 1. The summed E-state index contributed by atoms with van der Waals surface area (Å²) in [5.41, 5.74) is 0.650. The van der Waals surface area contributed by atoms with Crippen molar-refractivity contribution in [2.75, 3.05) is 27.3 Å². The Morgan fingerprint density at radius 2 is 1.81 bits per heavy atom. The third kappa shape index (κ3) is 3.66. The van der Waals surface area contributed by atoms with E-state index in [1.165, 1.54) is 20.6 Å². The van der Waals surface area contributed by atoms with Crippen molar-refractivity contribution >= 4 is 10.0 Å². The molecule has 7 heteroatoms. The van der Waals surface area contributed by atoms with E-state index in [0.717, 1.165) is 25.9 Å². The molecule has 6 nitrogen and oxygen atoms in total. The van der Waals surface area contributed by atoms with Crippen molar-refractivity contribution in [2.24, 2.45) is 5.14 Å². The van der Waals surface area contributed by atoms with Crippen molar-refractivity contribution in [1.29, 1.82) is 0 Å². The Balaban J connectivity index is 2.44.